The van der Waals surface area contributed by atoms with Crippen LogP contribution in [0.5, 0.6) is 0 Å². The smallest absolute Gasteiger partial charge is 0.248 e. The van der Waals surface area contributed by atoms with Crippen molar-refractivity contribution in [2.45, 2.75) is 71.4 Å². The van der Waals surface area contributed by atoms with Crippen LogP contribution in [-0.2, 0) is 9.59 Å². The standard InChI is InChI=1S/C14H26N2O2/c1-6-13(5)12(18)16(10-11(17)15-13)14(7-2,8-3)9-4/h6-10H2,1-5H3,(H,15,17). The van der Waals surface area contributed by atoms with Crippen LogP contribution in [0.1, 0.15) is 60.3 Å². The van der Waals surface area contributed by atoms with Crippen molar-refractivity contribution in [3.05, 3.63) is 0 Å². The summed E-state index contributed by atoms with van der Waals surface area (Å²) in [7, 11) is 0. The van der Waals surface area contributed by atoms with E-state index in [0.717, 1.165) is 19.3 Å². The Morgan fingerprint density at radius 1 is 1.17 bits per heavy atom. The van der Waals surface area contributed by atoms with Gasteiger partial charge in [0.15, 0.2) is 0 Å². The molecule has 1 rings (SSSR count). The molecule has 1 unspecified atom stereocenters. The lowest BCUT2D eigenvalue weighted by molar-refractivity contribution is -0.157. The van der Waals surface area contributed by atoms with Crippen LogP contribution < -0.4 is 5.32 Å². The Hall–Kier alpha value is -1.06. The number of piperazine rings is 1. The molecule has 0 radical (unpaired) electrons. The highest BCUT2D eigenvalue weighted by Gasteiger charge is 2.47. The van der Waals surface area contributed by atoms with Crippen LogP contribution in [0.3, 0.4) is 0 Å². The molecule has 104 valence electrons. The molecule has 18 heavy (non-hydrogen) atoms. The molecule has 1 saturated heterocycles. The van der Waals surface area contributed by atoms with E-state index in [1.54, 1.807) is 0 Å². The molecule has 1 aliphatic heterocycles. The Labute approximate surface area is 110 Å². The highest BCUT2D eigenvalue weighted by atomic mass is 16.2. The van der Waals surface area contributed by atoms with Crippen molar-refractivity contribution >= 4 is 11.8 Å². The van der Waals surface area contributed by atoms with Gasteiger partial charge in [0.05, 0.1) is 0 Å². The second-order valence-corrected chi connectivity index (χ2v) is 5.41. The number of nitrogens with one attached hydrogen (secondary N) is 1. The van der Waals surface area contributed by atoms with E-state index in [1.165, 1.54) is 0 Å². The van der Waals surface area contributed by atoms with Gasteiger partial charge in [-0.1, -0.05) is 27.7 Å². The highest BCUT2D eigenvalue weighted by molar-refractivity contribution is 5.98. The molecule has 0 aromatic heterocycles. The molecule has 0 spiro atoms. The fourth-order valence-electron chi connectivity index (χ4n) is 2.86. The maximum Gasteiger partial charge on any atom is 0.248 e. The van der Waals surface area contributed by atoms with Crippen molar-refractivity contribution < 1.29 is 9.59 Å². The Kier molecular flexibility index (Phi) is 4.41. The fourth-order valence-corrected chi connectivity index (χ4v) is 2.86. The number of hydrogen-bond acceptors (Lipinski definition) is 2. The largest absolute Gasteiger partial charge is 0.340 e. The van der Waals surface area contributed by atoms with Gasteiger partial charge in [-0.05, 0) is 32.6 Å². The monoisotopic (exact) mass is 254 g/mol. The topological polar surface area (TPSA) is 49.4 Å². The van der Waals surface area contributed by atoms with E-state index in [2.05, 4.69) is 26.1 Å². The summed E-state index contributed by atoms with van der Waals surface area (Å²) in [5.41, 5.74) is -0.911. The van der Waals surface area contributed by atoms with Gasteiger partial charge in [0, 0.05) is 5.54 Å². The number of carbonyl (C=O) groups is 2. The minimum Gasteiger partial charge on any atom is -0.340 e. The minimum absolute atomic E-state index is 0.0429. The Morgan fingerprint density at radius 3 is 2.06 bits per heavy atom. The zero-order valence-corrected chi connectivity index (χ0v) is 12.3. The second kappa shape index (κ2) is 5.29. The number of hydrogen-bond donors (Lipinski definition) is 1. The van der Waals surface area contributed by atoms with Gasteiger partial charge in [0.25, 0.3) is 0 Å². The highest BCUT2D eigenvalue weighted by Crippen LogP contribution is 2.32. The summed E-state index contributed by atoms with van der Waals surface area (Å²) in [6, 6.07) is 0. The summed E-state index contributed by atoms with van der Waals surface area (Å²) in [4.78, 5) is 26.4. The normalized spacial score (nSPS) is 25.3. The second-order valence-electron chi connectivity index (χ2n) is 5.41. The lowest BCUT2D eigenvalue weighted by atomic mass is 9.83. The number of rotatable bonds is 5. The quantitative estimate of drug-likeness (QED) is 0.816. The molecule has 0 saturated carbocycles. The summed E-state index contributed by atoms with van der Waals surface area (Å²) >= 11 is 0. The molecule has 0 bridgehead atoms. The van der Waals surface area contributed by atoms with Gasteiger partial charge in [-0.25, -0.2) is 0 Å². The SMILES string of the molecule is CCC1(C)NC(=O)CN(C(CC)(CC)CC)C1=O. The zero-order chi connectivity index (χ0) is 14.0. The molecule has 1 heterocycles. The van der Waals surface area contributed by atoms with E-state index in [1.807, 2.05) is 18.7 Å². The Morgan fingerprint density at radius 2 is 1.67 bits per heavy atom. The number of amides is 2. The molecule has 1 aliphatic rings. The lowest BCUT2D eigenvalue weighted by Gasteiger charge is -2.49. The Balaban J connectivity index is 3.14. The molecule has 4 nitrogen and oxygen atoms in total. The van der Waals surface area contributed by atoms with Crippen LogP contribution in [0, 0.1) is 0 Å². The third-order valence-corrected chi connectivity index (χ3v) is 4.69. The van der Waals surface area contributed by atoms with Gasteiger partial charge in [0.1, 0.15) is 12.1 Å². The average Bonchev–Trinajstić information content (AvgIpc) is 2.37. The number of nitrogens with zero attached hydrogens (tertiary/aromatic N) is 1. The predicted octanol–water partition coefficient (Wildman–Crippen LogP) is 2.08. The van der Waals surface area contributed by atoms with E-state index in [9.17, 15) is 9.59 Å². The average molecular weight is 254 g/mol. The van der Waals surface area contributed by atoms with Crippen LogP contribution in [0.25, 0.3) is 0 Å². The summed E-state index contributed by atoms with van der Waals surface area (Å²) in [5.74, 6) is 0.0221. The van der Waals surface area contributed by atoms with Gasteiger partial charge >= 0.3 is 0 Å². The summed E-state index contributed by atoms with van der Waals surface area (Å²) in [6.07, 6.45) is 3.29. The molecule has 0 aliphatic carbocycles. The molecule has 4 heteroatoms. The molecule has 0 aromatic rings. The molecule has 1 atom stereocenters. The lowest BCUT2D eigenvalue weighted by Crippen LogP contribution is -2.69. The first kappa shape index (κ1) is 15.0. The minimum atomic E-state index is -0.736. The van der Waals surface area contributed by atoms with Crippen molar-refractivity contribution in [2.75, 3.05) is 6.54 Å². The van der Waals surface area contributed by atoms with Crippen molar-refractivity contribution in [1.29, 1.82) is 0 Å². The van der Waals surface area contributed by atoms with Crippen LogP contribution >= 0.6 is 0 Å². The third-order valence-electron chi connectivity index (χ3n) is 4.69. The number of carbonyl (C=O) groups excluding carboxylic acids is 2. The van der Waals surface area contributed by atoms with Gasteiger partial charge in [-0.3, -0.25) is 9.59 Å². The summed E-state index contributed by atoms with van der Waals surface area (Å²) in [5, 5.41) is 2.84. The predicted molar refractivity (Wildman–Crippen MR) is 72.2 cm³/mol. The molecular formula is C14H26N2O2. The summed E-state index contributed by atoms with van der Waals surface area (Å²) < 4.78 is 0. The maximum absolute atomic E-state index is 12.7. The first-order chi connectivity index (χ1) is 8.39. The molecular weight excluding hydrogens is 228 g/mol. The van der Waals surface area contributed by atoms with Crippen molar-refractivity contribution in [3.8, 4) is 0 Å². The molecule has 2 amide bonds. The van der Waals surface area contributed by atoms with Crippen molar-refractivity contribution in [2.24, 2.45) is 0 Å². The first-order valence-corrected chi connectivity index (χ1v) is 7.02. The van der Waals surface area contributed by atoms with E-state index in [4.69, 9.17) is 0 Å². The molecule has 0 aromatic carbocycles. The van der Waals surface area contributed by atoms with Crippen LogP contribution in [0.15, 0.2) is 0 Å². The van der Waals surface area contributed by atoms with Crippen LogP contribution in [0.4, 0.5) is 0 Å². The van der Waals surface area contributed by atoms with Gasteiger partial charge in [0.2, 0.25) is 11.8 Å². The first-order valence-electron chi connectivity index (χ1n) is 7.02. The van der Waals surface area contributed by atoms with Gasteiger partial charge in [-0.2, -0.15) is 0 Å². The van der Waals surface area contributed by atoms with E-state index < -0.39 is 5.54 Å². The van der Waals surface area contributed by atoms with Crippen LogP contribution in [-0.4, -0.2) is 34.3 Å². The summed E-state index contributed by atoms with van der Waals surface area (Å²) in [6.45, 7) is 10.2. The van der Waals surface area contributed by atoms with Gasteiger partial charge < -0.3 is 10.2 Å². The molecule has 1 N–H and O–H groups in total. The van der Waals surface area contributed by atoms with E-state index >= 15 is 0 Å². The Bertz CT molecular complexity index is 328. The van der Waals surface area contributed by atoms with Crippen molar-refractivity contribution in [3.63, 3.8) is 0 Å². The van der Waals surface area contributed by atoms with E-state index in [-0.39, 0.29) is 23.9 Å². The van der Waals surface area contributed by atoms with Crippen molar-refractivity contribution in [1.82, 2.24) is 10.2 Å². The van der Waals surface area contributed by atoms with Gasteiger partial charge in [-0.15, -0.1) is 0 Å². The van der Waals surface area contributed by atoms with Crippen LogP contribution in [0.2, 0.25) is 0 Å². The fraction of sp³-hybridized carbons (Fsp3) is 0.857. The molecule has 1 fully saturated rings. The zero-order valence-electron chi connectivity index (χ0n) is 12.3. The maximum atomic E-state index is 12.7. The van der Waals surface area contributed by atoms with E-state index in [0.29, 0.717) is 6.42 Å². The third kappa shape index (κ3) is 2.25.